The number of rotatable bonds is 6. The minimum absolute atomic E-state index is 0.0460. The molecule has 0 aliphatic heterocycles. The fourth-order valence-corrected chi connectivity index (χ4v) is 2.61. The second kappa shape index (κ2) is 7.02. The van der Waals surface area contributed by atoms with Crippen LogP contribution in [0.1, 0.15) is 39.9 Å². The normalized spacial score (nSPS) is 12.5. The molecule has 1 atom stereocenters. The van der Waals surface area contributed by atoms with Crippen LogP contribution < -0.4 is 5.32 Å². The SMILES string of the molecule is Cc1cc(C(=O)NCCCC(C)CCl)sc1C. The molecule has 0 fully saturated rings. The molecule has 1 N–H and O–H groups in total. The van der Waals surface area contributed by atoms with Gasteiger partial charge in [-0.2, -0.15) is 0 Å². The zero-order chi connectivity index (χ0) is 12.8. The van der Waals surface area contributed by atoms with Gasteiger partial charge in [0.2, 0.25) is 0 Å². The highest BCUT2D eigenvalue weighted by Gasteiger charge is 2.09. The van der Waals surface area contributed by atoms with Gasteiger partial charge in [0.1, 0.15) is 0 Å². The highest BCUT2D eigenvalue weighted by Crippen LogP contribution is 2.20. The van der Waals surface area contributed by atoms with Crippen LogP contribution in [0.15, 0.2) is 6.07 Å². The molecular formula is C13H20ClNOS. The quantitative estimate of drug-likeness (QED) is 0.621. The highest BCUT2D eigenvalue weighted by atomic mass is 35.5. The van der Waals surface area contributed by atoms with Gasteiger partial charge < -0.3 is 5.32 Å². The van der Waals surface area contributed by atoms with Gasteiger partial charge in [-0.15, -0.1) is 22.9 Å². The Hall–Kier alpha value is -0.540. The van der Waals surface area contributed by atoms with E-state index in [-0.39, 0.29) is 5.91 Å². The largest absolute Gasteiger partial charge is 0.351 e. The Morgan fingerprint density at radius 3 is 2.76 bits per heavy atom. The number of hydrogen-bond donors (Lipinski definition) is 1. The molecule has 0 spiro atoms. The number of halogens is 1. The van der Waals surface area contributed by atoms with Gasteiger partial charge in [-0.05, 0) is 44.2 Å². The van der Waals surface area contributed by atoms with Crippen molar-refractivity contribution >= 4 is 28.8 Å². The first-order valence-corrected chi connectivity index (χ1v) is 7.31. The van der Waals surface area contributed by atoms with E-state index in [4.69, 9.17) is 11.6 Å². The summed E-state index contributed by atoms with van der Waals surface area (Å²) < 4.78 is 0. The van der Waals surface area contributed by atoms with E-state index in [1.54, 1.807) is 11.3 Å². The van der Waals surface area contributed by atoms with Crippen LogP contribution in [0.25, 0.3) is 0 Å². The summed E-state index contributed by atoms with van der Waals surface area (Å²) in [6, 6.07) is 1.96. The molecule has 1 amide bonds. The summed E-state index contributed by atoms with van der Waals surface area (Å²) >= 11 is 7.28. The van der Waals surface area contributed by atoms with Gasteiger partial charge in [0.15, 0.2) is 0 Å². The Morgan fingerprint density at radius 1 is 1.53 bits per heavy atom. The lowest BCUT2D eigenvalue weighted by atomic mass is 10.1. The molecule has 0 saturated carbocycles. The predicted molar refractivity (Wildman–Crippen MR) is 75.2 cm³/mol. The van der Waals surface area contributed by atoms with Crippen LogP contribution in [0.3, 0.4) is 0 Å². The molecule has 1 aromatic heterocycles. The Balaban J connectivity index is 2.30. The summed E-state index contributed by atoms with van der Waals surface area (Å²) in [7, 11) is 0. The molecule has 0 aliphatic carbocycles. The Kier molecular flexibility index (Phi) is 6.00. The lowest BCUT2D eigenvalue weighted by molar-refractivity contribution is 0.0956. The van der Waals surface area contributed by atoms with E-state index in [1.165, 1.54) is 10.4 Å². The van der Waals surface area contributed by atoms with Crippen molar-refractivity contribution in [3.63, 3.8) is 0 Å². The van der Waals surface area contributed by atoms with E-state index in [0.717, 1.165) is 24.3 Å². The molecule has 2 nitrogen and oxygen atoms in total. The first kappa shape index (κ1) is 14.5. The summed E-state index contributed by atoms with van der Waals surface area (Å²) in [5, 5.41) is 2.95. The number of thiophene rings is 1. The number of carbonyl (C=O) groups is 1. The average Bonchev–Trinajstić information content (AvgIpc) is 2.64. The molecule has 0 aliphatic rings. The van der Waals surface area contributed by atoms with Crippen molar-refractivity contribution in [1.82, 2.24) is 5.32 Å². The number of hydrogen-bond acceptors (Lipinski definition) is 2. The molecule has 0 saturated heterocycles. The minimum atomic E-state index is 0.0460. The number of alkyl halides is 1. The van der Waals surface area contributed by atoms with Crippen molar-refractivity contribution in [3.05, 3.63) is 21.4 Å². The molecule has 0 aromatic carbocycles. The summed E-state index contributed by atoms with van der Waals surface area (Å²) in [4.78, 5) is 13.8. The third-order valence-electron chi connectivity index (χ3n) is 2.81. The van der Waals surface area contributed by atoms with Crippen LogP contribution >= 0.6 is 22.9 Å². The maximum atomic E-state index is 11.8. The highest BCUT2D eigenvalue weighted by molar-refractivity contribution is 7.14. The summed E-state index contributed by atoms with van der Waals surface area (Å²) in [6.07, 6.45) is 2.05. The van der Waals surface area contributed by atoms with Gasteiger partial charge in [-0.1, -0.05) is 6.92 Å². The van der Waals surface area contributed by atoms with Gasteiger partial charge in [-0.25, -0.2) is 0 Å². The molecule has 1 rings (SSSR count). The van der Waals surface area contributed by atoms with Crippen LogP contribution in [0, 0.1) is 19.8 Å². The van der Waals surface area contributed by atoms with Crippen LogP contribution in [0.5, 0.6) is 0 Å². The fraction of sp³-hybridized carbons (Fsp3) is 0.615. The minimum Gasteiger partial charge on any atom is -0.351 e. The standard InChI is InChI=1S/C13H20ClNOS/c1-9(8-14)5-4-6-15-13(16)12-7-10(2)11(3)17-12/h7,9H,4-6,8H2,1-3H3,(H,15,16). The third-order valence-corrected chi connectivity index (χ3v) is 4.49. The molecule has 0 bridgehead atoms. The van der Waals surface area contributed by atoms with Crippen LogP contribution in [0.4, 0.5) is 0 Å². The van der Waals surface area contributed by atoms with Crippen molar-refractivity contribution in [2.45, 2.75) is 33.6 Å². The van der Waals surface area contributed by atoms with Crippen molar-refractivity contribution in [2.75, 3.05) is 12.4 Å². The monoisotopic (exact) mass is 273 g/mol. The second-order valence-corrected chi connectivity index (χ2v) is 6.07. The smallest absolute Gasteiger partial charge is 0.261 e. The van der Waals surface area contributed by atoms with Gasteiger partial charge in [-0.3, -0.25) is 4.79 Å². The van der Waals surface area contributed by atoms with Gasteiger partial charge in [0.25, 0.3) is 5.91 Å². The summed E-state index contributed by atoms with van der Waals surface area (Å²) in [6.45, 7) is 6.93. The van der Waals surface area contributed by atoms with E-state index in [0.29, 0.717) is 11.8 Å². The topological polar surface area (TPSA) is 29.1 Å². The summed E-state index contributed by atoms with van der Waals surface area (Å²) in [5.74, 6) is 1.27. The van der Waals surface area contributed by atoms with Crippen molar-refractivity contribution in [1.29, 1.82) is 0 Å². The van der Waals surface area contributed by atoms with Crippen molar-refractivity contribution < 1.29 is 4.79 Å². The van der Waals surface area contributed by atoms with E-state index >= 15 is 0 Å². The van der Waals surface area contributed by atoms with Gasteiger partial charge in [0.05, 0.1) is 4.88 Å². The Morgan fingerprint density at radius 2 is 2.24 bits per heavy atom. The zero-order valence-electron chi connectivity index (χ0n) is 10.7. The first-order chi connectivity index (χ1) is 8.04. The Bertz CT molecular complexity index is 356. The van der Waals surface area contributed by atoms with E-state index in [1.807, 2.05) is 19.9 Å². The predicted octanol–water partition coefficient (Wildman–Crippen LogP) is 3.75. The zero-order valence-corrected chi connectivity index (χ0v) is 12.3. The van der Waals surface area contributed by atoms with Gasteiger partial charge in [0, 0.05) is 17.3 Å². The molecule has 0 radical (unpaired) electrons. The van der Waals surface area contributed by atoms with Crippen molar-refractivity contribution in [3.8, 4) is 0 Å². The lowest BCUT2D eigenvalue weighted by Crippen LogP contribution is -2.23. The number of amides is 1. The summed E-state index contributed by atoms with van der Waals surface area (Å²) in [5.41, 5.74) is 1.19. The number of nitrogens with one attached hydrogen (secondary N) is 1. The van der Waals surface area contributed by atoms with Crippen LogP contribution in [0.2, 0.25) is 0 Å². The number of carbonyl (C=O) groups excluding carboxylic acids is 1. The molecule has 17 heavy (non-hydrogen) atoms. The third kappa shape index (κ3) is 4.68. The molecule has 4 heteroatoms. The van der Waals surface area contributed by atoms with Crippen LogP contribution in [-0.2, 0) is 0 Å². The Labute approximate surface area is 112 Å². The number of aryl methyl sites for hydroxylation is 2. The molecule has 96 valence electrons. The van der Waals surface area contributed by atoms with Gasteiger partial charge >= 0.3 is 0 Å². The maximum absolute atomic E-state index is 11.8. The molecule has 1 heterocycles. The van der Waals surface area contributed by atoms with Crippen LogP contribution in [-0.4, -0.2) is 18.3 Å². The molecule has 1 aromatic rings. The molecule has 1 unspecified atom stereocenters. The van der Waals surface area contributed by atoms with E-state index in [2.05, 4.69) is 12.2 Å². The fourth-order valence-electron chi connectivity index (χ4n) is 1.50. The van der Waals surface area contributed by atoms with E-state index in [9.17, 15) is 4.79 Å². The van der Waals surface area contributed by atoms with E-state index < -0.39 is 0 Å². The first-order valence-electron chi connectivity index (χ1n) is 5.95. The average molecular weight is 274 g/mol. The van der Waals surface area contributed by atoms with Crippen molar-refractivity contribution in [2.24, 2.45) is 5.92 Å². The lowest BCUT2D eigenvalue weighted by Gasteiger charge is -2.07. The second-order valence-electron chi connectivity index (χ2n) is 4.51. The maximum Gasteiger partial charge on any atom is 0.261 e. The molecular weight excluding hydrogens is 254 g/mol.